The second-order valence-electron chi connectivity index (χ2n) is 6.86. The minimum Gasteiger partial charge on any atom is -0.243 e. The molecule has 0 saturated heterocycles. The van der Waals surface area contributed by atoms with Crippen LogP contribution in [-0.2, 0) is 19.9 Å². The van der Waals surface area contributed by atoms with Crippen molar-refractivity contribution in [2.45, 2.75) is 41.0 Å². The number of nitrogens with one attached hydrogen (secondary N) is 1. The lowest BCUT2D eigenvalue weighted by Gasteiger charge is -2.28. The summed E-state index contributed by atoms with van der Waals surface area (Å²) in [5, 5.41) is -1.14. The van der Waals surface area contributed by atoms with Crippen LogP contribution in [0.4, 0.5) is 0 Å². The largest absolute Gasteiger partial charge is 0.258 e. The number of rotatable bonds is 9. The van der Waals surface area contributed by atoms with Gasteiger partial charge in [-0.15, -0.1) is 0 Å². The van der Waals surface area contributed by atoms with Crippen LogP contribution in [0.5, 0.6) is 0 Å². The number of nitrogens with zero attached hydrogens (tertiary/aromatic N) is 1. The number of sulfonamides is 1. The molecule has 2 atom stereocenters. The summed E-state index contributed by atoms with van der Waals surface area (Å²) in [7, 11) is -7.85. The molecule has 0 fully saturated rings. The van der Waals surface area contributed by atoms with Crippen LogP contribution >= 0.6 is 0 Å². The predicted molar refractivity (Wildman–Crippen MR) is 116 cm³/mol. The standard InChI is InChI=1S/C22H24N2O4S2/c1-2-11-20(29(25,26)19-14-7-4-8-15-19)22(18-12-5-3-6-13-18)24-30(27,28)21-16-9-10-17-23-21/h3-10,12-17,20,22,24H,2,11H2,1H3/t20-,22-/m0/s1. The quantitative estimate of drug-likeness (QED) is 0.543. The van der Waals surface area contributed by atoms with Crippen molar-refractivity contribution in [3.05, 3.63) is 90.6 Å². The normalized spacial score (nSPS) is 14.2. The first kappa shape index (κ1) is 22.1. The van der Waals surface area contributed by atoms with Crippen LogP contribution in [0.3, 0.4) is 0 Å². The molecule has 3 aromatic rings. The van der Waals surface area contributed by atoms with E-state index in [1.165, 1.54) is 24.4 Å². The maximum absolute atomic E-state index is 13.5. The van der Waals surface area contributed by atoms with Crippen LogP contribution in [0.1, 0.15) is 31.4 Å². The van der Waals surface area contributed by atoms with E-state index < -0.39 is 31.2 Å². The zero-order chi connectivity index (χ0) is 21.6. The van der Waals surface area contributed by atoms with Gasteiger partial charge in [-0.2, -0.15) is 0 Å². The number of benzene rings is 2. The average Bonchev–Trinajstić information content (AvgIpc) is 2.78. The molecular formula is C22H24N2O4S2. The molecule has 2 aromatic carbocycles. The van der Waals surface area contributed by atoms with Gasteiger partial charge in [-0.3, -0.25) is 0 Å². The van der Waals surface area contributed by atoms with Crippen molar-refractivity contribution < 1.29 is 16.8 Å². The zero-order valence-corrected chi connectivity index (χ0v) is 18.2. The SMILES string of the molecule is CCC[C@@H]([C@@H](NS(=O)(=O)c1ccccn1)c1ccccc1)S(=O)(=O)c1ccccc1. The number of hydrogen-bond donors (Lipinski definition) is 1. The van der Waals surface area contributed by atoms with Crippen LogP contribution in [0, 0.1) is 0 Å². The lowest BCUT2D eigenvalue weighted by atomic mass is 10.0. The molecule has 1 N–H and O–H groups in total. The third-order valence-electron chi connectivity index (χ3n) is 4.77. The number of aromatic nitrogens is 1. The summed E-state index contributed by atoms with van der Waals surface area (Å²) >= 11 is 0. The highest BCUT2D eigenvalue weighted by Gasteiger charge is 2.37. The molecule has 6 nitrogen and oxygen atoms in total. The van der Waals surface area contributed by atoms with Crippen molar-refractivity contribution in [3.8, 4) is 0 Å². The third kappa shape index (κ3) is 4.95. The minimum atomic E-state index is -4.04. The molecule has 8 heteroatoms. The Morgan fingerprint density at radius 1 is 0.833 bits per heavy atom. The van der Waals surface area contributed by atoms with Crippen molar-refractivity contribution in [1.29, 1.82) is 0 Å². The van der Waals surface area contributed by atoms with Gasteiger partial charge in [-0.1, -0.05) is 67.9 Å². The summed E-state index contributed by atoms with van der Waals surface area (Å²) in [6.07, 6.45) is 2.25. The molecule has 158 valence electrons. The summed E-state index contributed by atoms with van der Waals surface area (Å²) in [6, 6.07) is 20.5. The first-order chi connectivity index (χ1) is 14.4. The second-order valence-corrected chi connectivity index (χ2v) is 10.7. The van der Waals surface area contributed by atoms with Crippen molar-refractivity contribution >= 4 is 19.9 Å². The van der Waals surface area contributed by atoms with Gasteiger partial charge in [0, 0.05) is 6.20 Å². The van der Waals surface area contributed by atoms with Crippen molar-refractivity contribution in [1.82, 2.24) is 9.71 Å². The van der Waals surface area contributed by atoms with Gasteiger partial charge in [-0.25, -0.2) is 26.5 Å². The van der Waals surface area contributed by atoms with Crippen molar-refractivity contribution in [2.24, 2.45) is 0 Å². The van der Waals surface area contributed by atoms with Crippen LogP contribution in [0.15, 0.2) is 95.0 Å². The van der Waals surface area contributed by atoms with Crippen molar-refractivity contribution in [3.63, 3.8) is 0 Å². The molecule has 0 aliphatic rings. The Morgan fingerprint density at radius 3 is 2.00 bits per heavy atom. The van der Waals surface area contributed by atoms with E-state index in [0.29, 0.717) is 18.4 Å². The van der Waals surface area contributed by atoms with E-state index in [2.05, 4.69) is 9.71 Å². The molecule has 0 unspecified atom stereocenters. The minimum absolute atomic E-state index is 0.154. The molecule has 0 aliphatic heterocycles. The Morgan fingerprint density at radius 2 is 1.43 bits per heavy atom. The Hall–Kier alpha value is -2.55. The molecule has 0 bridgehead atoms. The molecule has 0 aliphatic carbocycles. The Balaban J connectivity index is 2.10. The van der Waals surface area contributed by atoms with Gasteiger partial charge in [0.2, 0.25) is 0 Å². The molecule has 1 aromatic heterocycles. The van der Waals surface area contributed by atoms with Gasteiger partial charge >= 0.3 is 0 Å². The fourth-order valence-corrected chi connectivity index (χ4v) is 6.64. The highest BCUT2D eigenvalue weighted by atomic mass is 32.2. The second kappa shape index (κ2) is 9.51. The monoisotopic (exact) mass is 444 g/mol. The first-order valence-electron chi connectivity index (χ1n) is 9.63. The molecule has 0 saturated carbocycles. The summed E-state index contributed by atoms with van der Waals surface area (Å²) < 4.78 is 55.7. The Bertz CT molecular complexity index is 1150. The third-order valence-corrected chi connectivity index (χ3v) is 8.36. The predicted octanol–water partition coefficient (Wildman–Crippen LogP) is 3.74. The van der Waals surface area contributed by atoms with Crippen LogP contribution < -0.4 is 4.72 Å². The van der Waals surface area contributed by atoms with Crippen LogP contribution in [-0.4, -0.2) is 27.1 Å². The summed E-state index contributed by atoms with van der Waals surface area (Å²) in [5.74, 6) is 0. The van der Waals surface area contributed by atoms with E-state index in [1.54, 1.807) is 60.7 Å². The van der Waals surface area contributed by atoms with Gasteiger partial charge in [0.05, 0.1) is 16.2 Å². The van der Waals surface area contributed by atoms with Gasteiger partial charge in [0.15, 0.2) is 14.9 Å². The summed E-state index contributed by atoms with van der Waals surface area (Å²) in [5.41, 5.74) is 0.579. The van der Waals surface area contributed by atoms with E-state index in [-0.39, 0.29) is 9.92 Å². The van der Waals surface area contributed by atoms with Gasteiger partial charge in [0.1, 0.15) is 0 Å². The molecule has 0 radical (unpaired) electrons. The molecule has 0 amide bonds. The van der Waals surface area contributed by atoms with Gasteiger partial charge < -0.3 is 0 Å². The van der Waals surface area contributed by atoms with Crippen molar-refractivity contribution in [2.75, 3.05) is 0 Å². The topological polar surface area (TPSA) is 93.2 Å². The summed E-state index contributed by atoms with van der Waals surface area (Å²) in [6.45, 7) is 1.88. The number of pyridine rings is 1. The zero-order valence-electron chi connectivity index (χ0n) is 16.5. The molecule has 3 rings (SSSR count). The first-order valence-corrected chi connectivity index (χ1v) is 12.7. The van der Waals surface area contributed by atoms with E-state index in [1.807, 2.05) is 6.92 Å². The lowest BCUT2D eigenvalue weighted by molar-refractivity contribution is 0.502. The van der Waals surface area contributed by atoms with E-state index >= 15 is 0 Å². The molecular weight excluding hydrogens is 420 g/mol. The van der Waals surface area contributed by atoms with Gasteiger partial charge in [0.25, 0.3) is 10.0 Å². The van der Waals surface area contributed by atoms with Gasteiger partial charge in [-0.05, 0) is 36.2 Å². The molecule has 30 heavy (non-hydrogen) atoms. The highest BCUT2D eigenvalue weighted by Crippen LogP contribution is 2.31. The molecule has 1 heterocycles. The maximum Gasteiger partial charge on any atom is 0.258 e. The Labute approximate surface area is 178 Å². The van der Waals surface area contributed by atoms with E-state index in [9.17, 15) is 16.8 Å². The smallest absolute Gasteiger partial charge is 0.243 e. The fourth-order valence-electron chi connectivity index (χ4n) is 3.32. The number of hydrogen-bond acceptors (Lipinski definition) is 5. The van der Waals surface area contributed by atoms with E-state index in [4.69, 9.17) is 0 Å². The lowest BCUT2D eigenvalue weighted by Crippen LogP contribution is -2.40. The van der Waals surface area contributed by atoms with Crippen LogP contribution in [0.2, 0.25) is 0 Å². The fraction of sp³-hybridized carbons (Fsp3) is 0.227. The van der Waals surface area contributed by atoms with Crippen LogP contribution in [0.25, 0.3) is 0 Å². The maximum atomic E-state index is 13.5. The molecule has 0 spiro atoms. The van der Waals surface area contributed by atoms with E-state index in [0.717, 1.165) is 0 Å². The average molecular weight is 445 g/mol. The Kier molecular flexibility index (Phi) is 7.02. The summed E-state index contributed by atoms with van der Waals surface area (Å²) in [4.78, 5) is 4.09. The number of sulfone groups is 1. The highest BCUT2D eigenvalue weighted by molar-refractivity contribution is 7.92.